The summed E-state index contributed by atoms with van der Waals surface area (Å²) in [6, 6.07) is 10.3. The van der Waals surface area contributed by atoms with Crippen molar-refractivity contribution in [2.24, 2.45) is 0 Å². The van der Waals surface area contributed by atoms with E-state index in [4.69, 9.17) is 23.2 Å². The molecule has 0 amide bonds. The number of hydrogen-bond donors (Lipinski definition) is 0. The van der Waals surface area contributed by atoms with Crippen molar-refractivity contribution >= 4 is 39.1 Å². The lowest BCUT2D eigenvalue weighted by atomic mass is 9.80. The minimum atomic E-state index is -0.522. The topological polar surface area (TPSA) is 12.9 Å². The summed E-state index contributed by atoms with van der Waals surface area (Å²) >= 11 is 15.6. The Morgan fingerprint density at radius 2 is 1.90 bits per heavy atom. The molecule has 1 aromatic carbocycles. The molecule has 0 aliphatic heterocycles. The summed E-state index contributed by atoms with van der Waals surface area (Å²) in [5.41, 5.74) is 1.15. The van der Waals surface area contributed by atoms with E-state index >= 15 is 0 Å². The van der Waals surface area contributed by atoms with Gasteiger partial charge in [0.1, 0.15) is 5.82 Å². The largest absolute Gasteiger partial charge is 0.260 e. The normalized spacial score (nSPS) is 11.6. The molecule has 0 N–H and O–H groups in total. The standard InChI is InChI=1S/C15H13BrCl2FN/c16-12-4-5-14(20-8-12)7-15(9-17,10-18)11-2-1-3-13(19)6-11/h1-6,8H,7,9-10H2. The maximum atomic E-state index is 13.5. The average Bonchev–Trinajstić information content (AvgIpc) is 2.47. The van der Waals surface area contributed by atoms with Gasteiger partial charge < -0.3 is 0 Å². The van der Waals surface area contributed by atoms with Crippen molar-refractivity contribution in [2.75, 3.05) is 11.8 Å². The van der Waals surface area contributed by atoms with E-state index in [1.165, 1.54) is 12.1 Å². The van der Waals surface area contributed by atoms with Gasteiger partial charge in [0, 0.05) is 40.0 Å². The van der Waals surface area contributed by atoms with Crippen LogP contribution in [0.3, 0.4) is 0 Å². The minimum absolute atomic E-state index is 0.286. The molecule has 5 heteroatoms. The Balaban J connectivity index is 2.36. The Morgan fingerprint density at radius 3 is 2.45 bits per heavy atom. The van der Waals surface area contributed by atoms with E-state index in [0.717, 1.165) is 15.7 Å². The maximum absolute atomic E-state index is 13.5. The monoisotopic (exact) mass is 375 g/mol. The highest BCUT2D eigenvalue weighted by molar-refractivity contribution is 9.10. The second kappa shape index (κ2) is 6.88. The first-order valence-corrected chi connectivity index (χ1v) is 7.94. The molecule has 2 aromatic rings. The first kappa shape index (κ1) is 15.7. The predicted octanol–water partition coefficient (Wildman–Crippen LogP) is 4.94. The molecule has 0 bridgehead atoms. The first-order chi connectivity index (χ1) is 9.59. The van der Waals surface area contributed by atoms with E-state index < -0.39 is 5.41 Å². The van der Waals surface area contributed by atoms with Crippen molar-refractivity contribution < 1.29 is 4.39 Å². The Hall–Kier alpha value is -0.640. The van der Waals surface area contributed by atoms with Gasteiger partial charge in [0.15, 0.2) is 0 Å². The molecular formula is C15H13BrCl2FN. The zero-order valence-electron chi connectivity index (χ0n) is 10.6. The van der Waals surface area contributed by atoms with Crippen LogP contribution < -0.4 is 0 Å². The summed E-state index contributed by atoms with van der Waals surface area (Å²) in [6.07, 6.45) is 2.30. The summed E-state index contributed by atoms with van der Waals surface area (Å²) in [6.45, 7) is 0. The summed E-state index contributed by atoms with van der Waals surface area (Å²) in [4.78, 5) is 4.35. The number of alkyl halides is 2. The molecule has 2 rings (SSSR count). The van der Waals surface area contributed by atoms with Gasteiger partial charge >= 0.3 is 0 Å². The first-order valence-electron chi connectivity index (χ1n) is 6.08. The summed E-state index contributed by atoms with van der Waals surface area (Å²) in [5.74, 6) is 0.320. The van der Waals surface area contributed by atoms with Gasteiger partial charge in [-0.05, 0) is 45.8 Å². The van der Waals surface area contributed by atoms with Crippen LogP contribution in [0.25, 0.3) is 0 Å². The number of hydrogen-bond acceptors (Lipinski definition) is 1. The van der Waals surface area contributed by atoms with E-state index in [9.17, 15) is 4.39 Å². The number of nitrogens with zero attached hydrogens (tertiary/aromatic N) is 1. The molecule has 20 heavy (non-hydrogen) atoms. The van der Waals surface area contributed by atoms with Crippen LogP contribution in [0.2, 0.25) is 0 Å². The third-order valence-electron chi connectivity index (χ3n) is 3.26. The fourth-order valence-corrected chi connectivity index (χ4v) is 3.08. The van der Waals surface area contributed by atoms with Crippen molar-refractivity contribution in [3.05, 3.63) is 64.1 Å². The van der Waals surface area contributed by atoms with E-state index in [2.05, 4.69) is 20.9 Å². The van der Waals surface area contributed by atoms with E-state index in [1.54, 1.807) is 12.3 Å². The molecule has 1 heterocycles. The lowest BCUT2D eigenvalue weighted by Crippen LogP contribution is -2.33. The lowest BCUT2D eigenvalue weighted by Gasteiger charge is -2.30. The predicted molar refractivity (Wildman–Crippen MR) is 85.2 cm³/mol. The highest BCUT2D eigenvalue weighted by atomic mass is 79.9. The second-order valence-corrected chi connectivity index (χ2v) is 6.15. The van der Waals surface area contributed by atoms with Crippen molar-refractivity contribution in [1.29, 1.82) is 0 Å². The van der Waals surface area contributed by atoms with Gasteiger partial charge in [0.05, 0.1) is 0 Å². The van der Waals surface area contributed by atoms with E-state index in [0.29, 0.717) is 18.2 Å². The van der Waals surface area contributed by atoms with Gasteiger partial charge in [-0.1, -0.05) is 12.1 Å². The van der Waals surface area contributed by atoms with Crippen LogP contribution in [0.1, 0.15) is 11.3 Å². The number of pyridine rings is 1. The molecule has 0 atom stereocenters. The molecule has 0 saturated carbocycles. The molecule has 1 aromatic heterocycles. The van der Waals surface area contributed by atoms with Gasteiger partial charge in [-0.25, -0.2) is 4.39 Å². The van der Waals surface area contributed by atoms with Gasteiger partial charge in [-0.3, -0.25) is 4.98 Å². The minimum Gasteiger partial charge on any atom is -0.260 e. The van der Waals surface area contributed by atoms with E-state index in [-0.39, 0.29) is 5.82 Å². The second-order valence-electron chi connectivity index (χ2n) is 4.70. The van der Waals surface area contributed by atoms with Gasteiger partial charge in [0.2, 0.25) is 0 Å². The Bertz CT molecular complexity index is 570. The van der Waals surface area contributed by atoms with Crippen LogP contribution in [0.4, 0.5) is 4.39 Å². The fraction of sp³-hybridized carbons (Fsp3) is 0.267. The molecule has 0 aliphatic rings. The molecule has 1 nitrogen and oxygen atoms in total. The smallest absolute Gasteiger partial charge is 0.123 e. The van der Waals surface area contributed by atoms with Crippen LogP contribution in [-0.4, -0.2) is 16.7 Å². The number of halogens is 4. The zero-order chi connectivity index (χ0) is 14.6. The summed E-state index contributed by atoms with van der Waals surface area (Å²) in [5, 5.41) is 0. The molecular weight excluding hydrogens is 364 g/mol. The van der Waals surface area contributed by atoms with Gasteiger partial charge in [-0.15, -0.1) is 23.2 Å². The quantitative estimate of drug-likeness (QED) is 0.673. The van der Waals surface area contributed by atoms with Crippen LogP contribution in [0.5, 0.6) is 0 Å². The fourth-order valence-electron chi connectivity index (χ4n) is 2.06. The van der Waals surface area contributed by atoms with Crippen LogP contribution in [0.15, 0.2) is 47.1 Å². The van der Waals surface area contributed by atoms with Crippen molar-refractivity contribution in [3.8, 4) is 0 Å². The third kappa shape index (κ3) is 3.51. The Kier molecular flexibility index (Phi) is 5.42. The molecule has 0 spiro atoms. The molecule has 0 unspecified atom stereocenters. The molecule has 0 saturated heterocycles. The van der Waals surface area contributed by atoms with E-state index in [1.807, 2.05) is 18.2 Å². The van der Waals surface area contributed by atoms with Crippen LogP contribution >= 0.6 is 39.1 Å². The highest BCUT2D eigenvalue weighted by Gasteiger charge is 2.31. The van der Waals surface area contributed by atoms with Crippen molar-refractivity contribution in [3.63, 3.8) is 0 Å². The van der Waals surface area contributed by atoms with Crippen molar-refractivity contribution in [2.45, 2.75) is 11.8 Å². The number of benzene rings is 1. The molecule has 106 valence electrons. The van der Waals surface area contributed by atoms with Crippen LogP contribution in [0, 0.1) is 5.82 Å². The molecule has 0 aliphatic carbocycles. The Morgan fingerprint density at radius 1 is 1.15 bits per heavy atom. The average molecular weight is 377 g/mol. The lowest BCUT2D eigenvalue weighted by molar-refractivity contribution is 0.521. The van der Waals surface area contributed by atoms with Gasteiger partial charge in [0.25, 0.3) is 0 Å². The number of aromatic nitrogens is 1. The van der Waals surface area contributed by atoms with Crippen molar-refractivity contribution in [1.82, 2.24) is 4.98 Å². The van der Waals surface area contributed by atoms with Gasteiger partial charge in [-0.2, -0.15) is 0 Å². The third-order valence-corrected chi connectivity index (χ3v) is 4.75. The van der Waals surface area contributed by atoms with Crippen LogP contribution in [-0.2, 0) is 11.8 Å². The Labute approximate surface area is 136 Å². The SMILES string of the molecule is Fc1cccc(C(CCl)(CCl)Cc2ccc(Br)cn2)c1. The highest BCUT2D eigenvalue weighted by Crippen LogP contribution is 2.31. The summed E-state index contributed by atoms with van der Waals surface area (Å²) < 4.78 is 14.4. The summed E-state index contributed by atoms with van der Waals surface area (Å²) in [7, 11) is 0. The zero-order valence-corrected chi connectivity index (χ0v) is 13.7. The molecule has 0 fully saturated rings. The number of rotatable bonds is 5. The molecule has 0 radical (unpaired) electrons. The maximum Gasteiger partial charge on any atom is 0.123 e.